The van der Waals surface area contributed by atoms with E-state index in [9.17, 15) is 0 Å². The summed E-state index contributed by atoms with van der Waals surface area (Å²) in [6.45, 7) is 4.58. The zero-order chi connectivity index (χ0) is 13.4. The van der Waals surface area contributed by atoms with E-state index in [1.54, 1.807) is 0 Å². The zero-order valence-electron chi connectivity index (χ0n) is 11.3. The van der Waals surface area contributed by atoms with Crippen LogP contribution in [0.1, 0.15) is 31.7 Å². The molecule has 0 amide bonds. The molecule has 1 heteroatoms. The maximum absolute atomic E-state index is 3.79. The van der Waals surface area contributed by atoms with Gasteiger partial charge in [-0.05, 0) is 55.4 Å². The molecule has 0 saturated heterocycles. The first-order valence-corrected chi connectivity index (χ1v) is 7.62. The molecule has 0 aliphatic carbocycles. The Morgan fingerprint density at radius 1 is 0.842 bits per heavy atom. The van der Waals surface area contributed by atoms with Crippen molar-refractivity contribution in [3.05, 3.63) is 58.6 Å². The number of hydrogen-bond acceptors (Lipinski definition) is 0. The van der Waals surface area contributed by atoms with Gasteiger partial charge in [0.1, 0.15) is 0 Å². The van der Waals surface area contributed by atoms with Crippen LogP contribution in [0.15, 0.2) is 53.0 Å². The topological polar surface area (TPSA) is 0 Å². The average Bonchev–Trinajstić information content (AvgIpc) is 2.47. The molecule has 96 valence electrons. The Balaban J connectivity index is 2.56. The number of hydrogen-bond donors (Lipinski definition) is 0. The van der Waals surface area contributed by atoms with Crippen LogP contribution in [0.5, 0.6) is 0 Å². The molecule has 3 rings (SSSR count). The lowest BCUT2D eigenvalue weighted by atomic mass is 9.88. The second kappa shape index (κ2) is 4.97. The lowest BCUT2D eigenvalue weighted by Gasteiger charge is -2.18. The van der Waals surface area contributed by atoms with E-state index in [0.717, 1.165) is 6.42 Å². The van der Waals surface area contributed by atoms with Crippen molar-refractivity contribution in [3.63, 3.8) is 0 Å². The van der Waals surface area contributed by atoms with Gasteiger partial charge in [-0.2, -0.15) is 0 Å². The summed E-state index contributed by atoms with van der Waals surface area (Å²) in [7, 11) is 0. The highest BCUT2D eigenvalue weighted by Crippen LogP contribution is 2.40. The van der Waals surface area contributed by atoms with Crippen molar-refractivity contribution in [2.75, 3.05) is 0 Å². The molecule has 0 saturated carbocycles. The predicted octanol–water partition coefficient (Wildman–Crippen LogP) is 6.27. The van der Waals surface area contributed by atoms with E-state index in [0.29, 0.717) is 5.92 Å². The Bertz CT molecular complexity index is 686. The molecule has 0 heterocycles. The fourth-order valence-electron chi connectivity index (χ4n) is 2.84. The van der Waals surface area contributed by atoms with Crippen LogP contribution in [-0.4, -0.2) is 0 Å². The Morgan fingerprint density at radius 2 is 1.26 bits per heavy atom. The maximum atomic E-state index is 3.79. The Hall–Kier alpha value is -1.34. The van der Waals surface area contributed by atoms with Gasteiger partial charge in [0.15, 0.2) is 0 Å². The van der Waals surface area contributed by atoms with Crippen molar-refractivity contribution in [3.8, 4) is 0 Å². The first-order chi connectivity index (χ1) is 9.24. The van der Waals surface area contributed by atoms with Gasteiger partial charge in [-0.15, -0.1) is 0 Å². The normalized spacial score (nSPS) is 13.0. The van der Waals surface area contributed by atoms with Crippen LogP contribution in [0, 0.1) is 0 Å². The van der Waals surface area contributed by atoms with Crippen LogP contribution in [-0.2, 0) is 0 Å². The Labute approximate surface area is 122 Å². The summed E-state index contributed by atoms with van der Waals surface area (Å²) in [5.41, 5.74) is 1.48. The fraction of sp³-hybridized carbons (Fsp3) is 0.222. The van der Waals surface area contributed by atoms with Gasteiger partial charge in [0.05, 0.1) is 0 Å². The molecule has 3 aromatic carbocycles. The molecular formula is C18H17Br. The first kappa shape index (κ1) is 12.7. The molecule has 0 aromatic heterocycles. The molecule has 19 heavy (non-hydrogen) atoms. The van der Waals surface area contributed by atoms with Gasteiger partial charge in [0.2, 0.25) is 0 Å². The number of halogens is 1. The highest BCUT2D eigenvalue weighted by Gasteiger charge is 2.15. The summed E-state index contributed by atoms with van der Waals surface area (Å²) in [5, 5.41) is 5.39. The van der Waals surface area contributed by atoms with Crippen LogP contribution in [0.3, 0.4) is 0 Å². The van der Waals surface area contributed by atoms with Crippen LogP contribution < -0.4 is 0 Å². The van der Waals surface area contributed by atoms with E-state index in [2.05, 4.69) is 78.3 Å². The molecule has 0 nitrogen and oxygen atoms in total. The van der Waals surface area contributed by atoms with Gasteiger partial charge in [-0.3, -0.25) is 0 Å². The Kier molecular flexibility index (Phi) is 3.32. The van der Waals surface area contributed by atoms with Crippen LogP contribution in [0.2, 0.25) is 0 Å². The summed E-state index contributed by atoms with van der Waals surface area (Å²) in [4.78, 5) is 0. The number of rotatable bonds is 2. The van der Waals surface area contributed by atoms with E-state index in [1.807, 2.05) is 0 Å². The maximum Gasteiger partial charge on any atom is 0.0332 e. The molecule has 1 unspecified atom stereocenters. The molecule has 0 spiro atoms. The first-order valence-electron chi connectivity index (χ1n) is 6.83. The van der Waals surface area contributed by atoms with Gasteiger partial charge in [-0.25, -0.2) is 0 Å². The van der Waals surface area contributed by atoms with E-state index < -0.39 is 0 Å². The minimum absolute atomic E-state index is 0.572. The van der Waals surface area contributed by atoms with Crippen molar-refractivity contribution in [2.24, 2.45) is 0 Å². The minimum atomic E-state index is 0.572. The van der Waals surface area contributed by atoms with Gasteiger partial charge in [-0.1, -0.05) is 62.4 Å². The third-order valence-corrected chi connectivity index (χ3v) is 4.87. The molecule has 0 aliphatic rings. The molecule has 0 radical (unpaired) electrons. The third kappa shape index (κ3) is 1.97. The number of benzene rings is 3. The molecule has 3 aromatic rings. The fourth-order valence-corrected chi connectivity index (χ4v) is 3.54. The van der Waals surface area contributed by atoms with Gasteiger partial charge in [0, 0.05) is 4.47 Å². The average molecular weight is 313 g/mol. The summed E-state index contributed by atoms with van der Waals surface area (Å²) in [5.74, 6) is 0.572. The number of fused-ring (bicyclic) bond motifs is 2. The monoisotopic (exact) mass is 312 g/mol. The summed E-state index contributed by atoms with van der Waals surface area (Å²) < 4.78 is 1.21. The second-order valence-electron chi connectivity index (χ2n) is 5.13. The van der Waals surface area contributed by atoms with E-state index >= 15 is 0 Å². The van der Waals surface area contributed by atoms with Crippen LogP contribution >= 0.6 is 15.9 Å². The predicted molar refractivity (Wildman–Crippen MR) is 87.9 cm³/mol. The quantitative estimate of drug-likeness (QED) is 0.489. The summed E-state index contributed by atoms with van der Waals surface area (Å²) >= 11 is 3.79. The van der Waals surface area contributed by atoms with Gasteiger partial charge in [0.25, 0.3) is 0 Å². The van der Waals surface area contributed by atoms with Crippen molar-refractivity contribution in [2.45, 2.75) is 26.2 Å². The highest BCUT2D eigenvalue weighted by molar-refractivity contribution is 9.10. The SMILES string of the molecule is CCC(C)c1c2ccccc2c(Br)c2ccccc12. The molecule has 0 bridgehead atoms. The van der Waals surface area contributed by atoms with Crippen LogP contribution in [0.25, 0.3) is 21.5 Å². The van der Waals surface area contributed by atoms with E-state index in [-0.39, 0.29) is 0 Å². The van der Waals surface area contributed by atoms with Crippen molar-refractivity contribution >= 4 is 37.5 Å². The smallest absolute Gasteiger partial charge is 0.0332 e. The summed E-state index contributed by atoms with van der Waals surface area (Å²) in [6.07, 6.45) is 1.16. The molecule has 0 fully saturated rings. The van der Waals surface area contributed by atoms with E-state index in [1.165, 1.54) is 31.6 Å². The van der Waals surface area contributed by atoms with E-state index in [4.69, 9.17) is 0 Å². The lowest BCUT2D eigenvalue weighted by molar-refractivity contribution is 0.745. The van der Waals surface area contributed by atoms with Gasteiger partial charge >= 0.3 is 0 Å². The molecule has 1 atom stereocenters. The second-order valence-corrected chi connectivity index (χ2v) is 5.92. The third-order valence-electron chi connectivity index (χ3n) is 4.01. The molecular weight excluding hydrogens is 296 g/mol. The lowest BCUT2D eigenvalue weighted by Crippen LogP contribution is -1.96. The molecule has 0 N–H and O–H groups in total. The highest BCUT2D eigenvalue weighted by atomic mass is 79.9. The van der Waals surface area contributed by atoms with Crippen molar-refractivity contribution < 1.29 is 0 Å². The minimum Gasteiger partial charge on any atom is -0.0648 e. The van der Waals surface area contributed by atoms with Gasteiger partial charge < -0.3 is 0 Å². The largest absolute Gasteiger partial charge is 0.0648 e. The van der Waals surface area contributed by atoms with Crippen molar-refractivity contribution in [1.29, 1.82) is 0 Å². The van der Waals surface area contributed by atoms with Crippen LogP contribution in [0.4, 0.5) is 0 Å². The zero-order valence-corrected chi connectivity index (χ0v) is 12.9. The summed E-state index contributed by atoms with van der Waals surface area (Å²) in [6, 6.07) is 17.4. The van der Waals surface area contributed by atoms with Crippen molar-refractivity contribution in [1.82, 2.24) is 0 Å². The molecule has 0 aliphatic heterocycles. The standard InChI is InChI=1S/C18H17Br/c1-3-12(2)17-13-8-4-6-10-15(13)18(19)16-11-7-5-9-14(16)17/h4-12H,3H2,1-2H3. The Morgan fingerprint density at radius 3 is 1.68 bits per heavy atom.